The lowest BCUT2D eigenvalue weighted by Crippen LogP contribution is -2.28. The largest absolute Gasteiger partial charge is 0.484 e. The fraction of sp³-hybridized carbons (Fsp3) is 0.600. The minimum absolute atomic E-state index is 0.0194. The number of carbonyl (C=O) groups is 1. The number of hydrogen-bond donors (Lipinski definition) is 0. The fourth-order valence-electron chi connectivity index (χ4n) is 5.64. The minimum Gasteiger partial charge on any atom is -0.484 e. The van der Waals surface area contributed by atoms with Crippen molar-refractivity contribution in [3.63, 3.8) is 0 Å². The van der Waals surface area contributed by atoms with Crippen LogP contribution in [0.15, 0.2) is 24.3 Å². The van der Waals surface area contributed by atoms with Crippen LogP contribution in [0.1, 0.15) is 50.4 Å². The summed E-state index contributed by atoms with van der Waals surface area (Å²) in [6.07, 6.45) is -1.33. The Morgan fingerprint density at radius 2 is 2.08 bits per heavy atom. The molecule has 2 fully saturated rings. The van der Waals surface area contributed by atoms with Gasteiger partial charge >= 0.3 is 6.18 Å². The molecule has 0 radical (unpaired) electrons. The highest BCUT2D eigenvalue weighted by molar-refractivity contribution is 7.91. The summed E-state index contributed by atoms with van der Waals surface area (Å²) in [6.45, 7) is 3.22. The maximum atomic E-state index is 13.0. The normalized spacial score (nSPS) is 24.8. The van der Waals surface area contributed by atoms with Crippen LogP contribution in [0.25, 0.3) is 11.3 Å². The van der Waals surface area contributed by atoms with Crippen molar-refractivity contribution in [1.29, 1.82) is 0 Å². The Kier molecular flexibility index (Phi) is 6.12. The molecular formula is C25H30F3N3O4S. The van der Waals surface area contributed by atoms with Gasteiger partial charge in [0.25, 0.3) is 0 Å². The van der Waals surface area contributed by atoms with E-state index in [2.05, 4.69) is 0 Å². The van der Waals surface area contributed by atoms with Crippen molar-refractivity contribution in [2.75, 3.05) is 24.7 Å². The van der Waals surface area contributed by atoms with Crippen LogP contribution in [0.5, 0.6) is 5.75 Å². The summed E-state index contributed by atoms with van der Waals surface area (Å²) in [5, 5.41) is 4.82. The van der Waals surface area contributed by atoms with Gasteiger partial charge in [-0.05, 0) is 57.6 Å². The molecule has 3 heterocycles. The minimum atomic E-state index is -4.41. The summed E-state index contributed by atoms with van der Waals surface area (Å²) in [7, 11) is -3.05. The molecule has 7 nitrogen and oxygen atoms in total. The van der Waals surface area contributed by atoms with Gasteiger partial charge in [0.2, 0.25) is 5.91 Å². The molecule has 0 bridgehead atoms. The van der Waals surface area contributed by atoms with Crippen LogP contribution in [0.4, 0.5) is 13.2 Å². The van der Waals surface area contributed by atoms with Gasteiger partial charge in [0.15, 0.2) is 16.4 Å². The summed E-state index contributed by atoms with van der Waals surface area (Å²) in [6, 6.07) is 6.64. The van der Waals surface area contributed by atoms with Gasteiger partial charge in [-0.2, -0.15) is 18.3 Å². The monoisotopic (exact) mass is 525 g/mol. The molecule has 11 heteroatoms. The number of amides is 1. The van der Waals surface area contributed by atoms with Crippen molar-refractivity contribution < 1.29 is 31.1 Å². The molecule has 36 heavy (non-hydrogen) atoms. The second kappa shape index (κ2) is 8.78. The highest BCUT2D eigenvalue weighted by atomic mass is 32.2. The van der Waals surface area contributed by atoms with Crippen LogP contribution in [0.3, 0.4) is 0 Å². The van der Waals surface area contributed by atoms with Gasteiger partial charge in [0.1, 0.15) is 5.75 Å². The Labute approximate surface area is 208 Å². The molecule has 2 atom stereocenters. The van der Waals surface area contributed by atoms with E-state index in [9.17, 15) is 26.4 Å². The predicted octanol–water partition coefficient (Wildman–Crippen LogP) is 3.97. The highest BCUT2D eigenvalue weighted by Gasteiger charge is 2.60. The Morgan fingerprint density at radius 3 is 2.75 bits per heavy atom. The summed E-state index contributed by atoms with van der Waals surface area (Å²) in [5.74, 6) is 0.520. The Bertz CT molecular complexity index is 1290. The van der Waals surface area contributed by atoms with Crippen molar-refractivity contribution in [2.24, 2.45) is 5.92 Å². The molecule has 1 amide bonds. The first kappa shape index (κ1) is 25.1. The van der Waals surface area contributed by atoms with E-state index in [0.717, 1.165) is 23.4 Å². The van der Waals surface area contributed by atoms with Crippen molar-refractivity contribution in [3.8, 4) is 17.0 Å². The zero-order valence-corrected chi connectivity index (χ0v) is 21.2. The Hall–Kier alpha value is -2.56. The average Bonchev–Trinajstić information content (AvgIpc) is 3.21. The second-order valence-corrected chi connectivity index (χ2v) is 12.8. The summed E-state index contributed by atoms with van der Waals surface area (Å²) < 4.78 is 68.4. The molecule has 2 saturated heterocycles. The van der Waals surface area contributed by atoms with E-state index in [-0.39, 0.29) is 35.1 Å². The topological polar surface area (TPSA) is 81.3 Å². The van der Waals surface area contributed by atoms with Crippen LogP contribution < -0.4 is 4.74 Å². The number of benzene rings is 1. The van der Waals surface area contributed by atoms with E-state index < -0.39 is 28.2 Å². The first-order valence-electron chi connectivity index (χ1n) is 12.3. The van der Waals surface area contributed by atoms with E-state index in [0.29, 0.717) is 37.8 Å². The van der Waals surface area contributed by atoms with Crippen molar-refractivity contribution >= 4 is 15.7 Å². The van der Waals surface area contributed by atoms with Crippen LogP contribution in [-0.2, 0) is 27.5 Å². The molecule has 2 aromatic rings. The first-order chi connectivity index (χ1) is 16.9. The maximum Gasteiger partial charge on any atom is 0.422 e. The summed E-state index contributed by atoms with van der Waals surface area (Å²) in [5.41, 5.74) is 3.08. The van der Waals surface area contributed by atoms with Crippen LogP contribution in [0.2, 0.25) is 0 Å². The number of aromatic nitrogens is 2. The number of nitrogens with zero attached hydrogens (tertiary/aromatic N) is 3. The van der Waals surface area contributed by atoms with Gasteiger partial charge < -0.3 is 9.64 Å². The molecular weight excluding hydrogens is 495 g/mol. The number of sulfone groups is 1. The number of halogens is 3. The molecule has 0 unspecified atom stereocenters. The average molecular weight is 526 g/mol. The molecule has 1 aromatic carbocycles. The highest BCUT2D eigenvalue weighted by Crippen LogP contribution is 2.44. The van der Waals surface area contributed by atoms with Crippen molar-refractivity contribution in [2.45, 2.75) is 63.7 Å². The number of alkyl halides is 3. The van der Waals surface area contributed by atoms with E-state index in [1.54, 1.807) is 17.0 Å². The lowest BCUT2D eigenvalue weighted by Gasteiger charge is -2.24. The van der Waals surface area contributed by atoms with Crippen molar-refractivity contribution in [1.82, 2.24) is 14.7 Å². The molecule has 0 saturated carbocycles. The number of rotatable bonds is 6. The first-order valence-corrected chi connectivity index (χ1v) is 14.1. The fourth-order valence-corrected chi connectivity index (χ4v) is 7.69. The molecule has 1 spiro atoms. The molecule has 0 N–H and O–H groups in total. The molecule has 1 aliphatic carbocycles. The van der Waals surface area contributed by atoms with E-state index >= 15 is 0 Å². The molecule has 3 aliphatic rings. The lowest BCUT2D eigenvalue weighted by molar-refractivity contribution is -0.153. The molecule has 5 rings (SSSR count). The van der Waals surface area contributed by atoms with Gasteiger partial charge in [-0.15, -0.1) is 0 Å². The van der Waals surface area contributed by atoms with Gasteiger partial charge in [-0.1, -0.05) is 12.1 Å². The van der Waals surface area contributed by atoms with E-state index in [1.165, 1.54) is 6.07 Å². The lowest BCUT2D eigenvalue weighted by atomic mass is 9.83. The standard InChI is InChI=1S/C25H30F3N3O4S/c1-16(2)31-21-10-17(11-22(32)30-13-24(30)8-9-36(33,34)15-24)6-7-20(21)23(29-31)18-4-3-5-19(12-18)35-14-25(26,27)28/h3-5,12,16-17H,6-11,13-15H2,1-2H3/t17-,24-,30?/m1/s1. The summed E-state index contributed by atoms with van der Waals surface area (Å²) >= 11 is 0. The third-order valence-electron chi connectivity index (χ3n) is 7.46. The van der Waals surface area contributed by atoms with Gasteiger partial charge in [-0.25, -0.2) is 8.42 Å². The number of ether oxygens (including phenoxy) is 1. The number of hydrogen-bond acceptors (Lipinski definition) is 5. The zero-order valence-electron chi connectivity index (χ0n) is 20.3. The maximum absolute atomic E-state index is 13.0. The Morgan fingerprint density at radius 1 is 1.31 bits per heavy atom. The Balaban J connectivity index is 1.32. The smallest absolute Gasteiger partial charge is 0.422 e. The SMILES string of the molecule is CC(C)n1nc(-c2cccc(OCC(F)(F)F)c2)c2c1C[C@H](CC(=O)N1C[C@@]13CCS(=O)(=O)C3)CC2. The predicted molar refractivity (Wildman–Crippen MR) is 127 cm³/mol. The third kappa shape index (κ3) is 4.99. The number of fused-ring (bicyclic) bond motifs is 1. The van der Waals surface area contributed by atoms with Crippen LogP contribution >= 0.6 is 0 Å². The summed E-state index contributed by atoms with van der Waals surface area (Å²) in [4.78, 5) is 14.7. The van der Waals surface area contributed by atoms with Crippen LogP contribution in [0, 0.1) is 5.92 Å². The second-order valence-electron chi connectivity index (χ2n) is 10.6. The zero-order chi connectivity index (χ0) is 25.9. The third-order valence-corrected chi connectivity index (χ3v) is 9.26. The van der Waals surface area contributed by atoms with Gasteiger partial charge in [0.05, 0.1) is 22.7 Å². The van der Waals surface area contributed by atoms with Gasteiger partial charge in [0, 0.05) is 35.8 Å². The molecule has 196 valence electrons. The molecule has 2 aliphatic heterocycles. The van der Waals surface area contributed by atoms with E-state index in [4.69, 9.17) is 9.84 Å². The van der Waals surface area contributed by atoms with Crippen LogP contribution in [-0.4, -0.2) is 65.4 Å². The molecule has 1 aromatic heterocycles. The quantitative estimate of drug-likeness (QED) is 0.534. The van der Waals surface area contributed by atoms with Gasteiger partial charge in [-0.3, -0.25) is 9.48 Å². The number of carbonyl (C=O) groups excluding carboxylic acids is 1. The van der Waals surface area contributed by atoms with E-state index in [1.807, 2.05) is 24.6 Å². The van der Waals surface area contributed by atoms with Crippen molar-refractivity contribution in [3.05, 3.63) is 35.5 Å².